The zero-order valence-electron chi connectivity index (χ0n) is 30.8. The normalized spacial score (nSPS) is 22.4. The zero-order chi connectivity index (χ0) is 37.3. The minimum atomic E-state index is -1.03. The largest absolute Gasteiger partial charge is 0.479 e. The quantitative estimate of drug-likeness (QED) is 0.0550. The number of likely N-dealkylation sites (N-methyl/N-ethyl adjacent to an activating group) is 1. The molecule has 2 heterocycles. The number of carbonyl (C=O) groups excluding carboxylic acids is 3. The number of nitrogens with one attached hydrogen (secondary N) is 1. The van der Waals surface area contributed by atoms with E-state index in [0.29, 0.717) is 39.6 Å². The van der Waals surface area contributed by atoms with E-state index in [1.165, 1.54) is 18.1 Å². The Bertz CT molecular complexity index is 1190. The average molecular weight is 714 g/mol. The highest BCUT2D eigenvalue weighted by Gasteiger charge is 2.49. The van der Waals surface area contributed by atoms with Crippen molar-refractivity contribution in [2.45, 2.75) is 84.2 Å². The molecule has 0 aromatic carbocycles. The summed E-state index contributed by atoms with van der Waals surface area (Å²) in [6.45, 7) is 15.3. The van der Waals surface area contributed by atoms with Gasteiger partial charge in [0.1, 0.15) is 30.3 Å². The first kappa shape index (κ1) is 42.7. The van der Waals surface area contributed by atoms with Crippen LogP contribution in [0.15, 0.2) is 16.8 Å². The molecule has 0 saturated carbocycles. The molecule has 5 atom stereocenters. The fraction of sp³-hybridized carbons (Fsp3) is 0.765. The summed E-state index contributed by atoms with van der Waals surface area (Å²) in [7, 11) is 2.80. The third-order valence-electron chi connectivity index (χ3n) is 7.19. The van der Waals surface area contributed by atoms with Crippen LogP contribution in [0.2, 0.25) is 0 Å². The highest BCUT2D eigenvalue weighted by molar-refractivity contribution is 5.94. The van der Waals surface area contributed by atoms with Gasteiger partial charge in [-0.2, -0.15) is 0 Å². The van der Waals surface area contributed by atoms with Crippen LogP contribution in [0.1, 0.15) is 48.5 Å². The predicted molar refractivity (Wildman–Crippen MR) is 180 cm³/mol. The van der Waals surface area contributed by atoms with Gasteiger partial charge in [-0.05, 0) is 47.6 Å². The third-order valence-corrected chi connectivity index (χ3v) is 7.19. The van der Waals surface area contributed by atoms with E-state index in [9.17, 15) is 14.4 Å². The van der Waals surface area contributed by atoms with E-state index in [2.05, 4.69) is 16.2 Å². The van der Waals surface area contributed by atoms with Crippen LogP contribution in [-0.4, -0.2) is 145 Å². The molecule has 2 amide bonds. The fourth-order valence-electron chi connectivity index (χ4n) is 4.76. The van der Waals surface area contributed by atoms with E-state index in [4.69, 9.17) is 53.8 Å². The van der Waals surface area contributed by atoms with Gasteiger partial charge < -0.3 is 52.3 Å². The van der Waals surface area contributed by atoms with Gasteiger partial charge in [0.05, 0.1) is 66.0 Å². The number of amides is 2. The lowest BCUT2D eigenvalue weighted by atomic mass is 9.87. The molecule has 0 bridgehead atoms. The number of nitrogens with zero attached hydrogens (tertiary/aromatic N) is 2. The molecule has 2 aliphatic heterocycles. The third kappa shape index (κ3) is 15.6. The molecule has 0 spiro atoms. The number of terminal acetylenes is 1. The summed E-state index contributed by atoms with van der Waals surface area (Å²) in [5.41, 5.74) is -0.712. The van der Waals surface area contributed by atoms with Gasteiger partial charge in [-0.3, -0.25) is 10.3 Å². The molecule has 1 fully saturated rings. The van der Waals surface area contributed by atoms with E-state index in [-0.39, 0.29) is 38.0 Å². The number of rotatable bonds is 18. The molecular weight excluding hydrogens is 658 g/mol. The molecule has 0 aliphatic carbocycles. The Morgan fingerprint density at radius 2 is 1.68 bits per heavy atom. The van der Waals surface area contributed by atoms with Crippen LogP contribution in [0.25, 0.3) is 0 Å². The second-order valence-corrected chi connectivity index (χ2v) is 13.0. The number of ether oxygens (including phenoxy) is 10. The van der Waals surface area contributed by atoms with Gasteiger partial charge in [-0.1, -0.05) is 12.8 Å². The highest BCUT2D eigenvalue weighted by Crippen LogP contribution is 2.35. The van der Waals surface area contributed by atoms with Gasteiger partial charge in [-0.25, -0.2) is 14.4 Å². The number of alkyl carbamates (subject to hydrolysis) is 1. The zero-order valence-corrected chi connectivity index (χ0v) is 30.8. The summed E-state index contributed by atoms with van der Waals surface area (Å²) in [4.78, 5) is 44.4. The molecule has 0 radical (unpaired) electrons. The van der Waals surface area contributed by atoms with Crippen molar-refractivity contribution in [1.29, 1.82) is 0 Å². The van der Waals surface area contributed by atoms with Gasteiger partial charge in [0, 0.05) is 19.5 Å². The fourth-order valence-corrected chi connectivity index (χ4v) is 4.76. The monoisotopic (exact) mass is 713 g/mol. The Balaban J connectivity index is 2.04. The molecule has 50 heavy (non-hydrogen) atoms. The minimum absolute atomic E-state index is 0.0966. The maximum Gasteiger partial charge on any atom is 0.413 e. The topological polar surface area (TPSA) is 171 Å². The standard InChI is InChI=1S/C34H55N3O13/c1-11-13-42-15-17-44-19-20-45-18-16-43-14-12-37(9)32(40)48-29(27-22-46-34(7,8)49-27)28-23(2)25(21-26(47-28)30(38)41-10)35-24(3)36-31(39)50-33(4,5)6/h1,21,23,25,27-29H,12-20,22H2,2-10H3,(H,35,36,39)/t23-,25+,27+,28-,29+/m0/s1. The summed E-state index contributed by atoms with van der Waals surface area (Å²) >= 11 is 0. The van der Waals surface area contributed by atoms with Crippen molar-refractivity contribution in [3.63, 3.8) is 0 Å². The smallest absolute Gasteiger partial charge is 0.413 e. The van der Waals surface area contributed by atoms with Crippen molar-refractivity contribution in [1.82, 2.24) is 10.2 Å². The molecule has 1 N–H and O–H groups in total. The molecule has 284 valence electrons. The molecule has 0 unspecified atom stereocenters. The predicted octanol–water partition coefficient (Wildman–Crippen LogP) is 2.68. The second kappa shape index (κ2) is 21.0. The van der Waals surface area contributed by atoms with Crippen molar-refractivity contribution in [2.75, 3.05) is 80.2 Å². The van der Waals surface area contributed by atoms with Crippen molar-refractivity contribution >= 4 is 24.0 Å². The number of methoxy groups -OCH3 is 1. The van der Waals surface area contributed by atoms with Gasteiger partial charge in [0.25, 0.3) is 0 Å². The first-order valence-electron chi connectivity index (χ1n) is 16.6. The van der Waals surface area contributed by atoms with Crippen LogP contribution >= 0.6 is 0 Å². The molecule has 1 saturated heterocycles. The number of carbonyl (C=O) groups is 3. The van der Waals surface area contributed by atoms with Gasteiger partial charge in [0.2, 0.25) is 5.76 Å². The molecule has 0 aromatic heterocycles. The van der Waals surface area contributed by atoms with E-state index in [1.807, 2.05) is 6.92 Å². The number of hydrogen-bond donors (Lipinski definition) is 1. The van der Waals surface area contributed by atoms with Gasteiger partial charge >= 0.3 is 18.2 Å². The lowest BCUT2D eigenvalue weighted by Crippen LogP contribution is -2.52. The summed E-state index contributed by atoms with van der Waals surface area (Å²) < 4.78 is 55.9. The van der Waals surface area contributed by atoms with E-state index >= 15 is 0 Å². The van der Waals surface area contributed by atoms with E-state index in [1.54, 1.807) is 48.6 Å². The molecule has 16 nitrogen and oxygen atoms in total. The second-order valence-electron chi connectivity index (χ2n) is 13.0. The molecular formula is C34H55N3O13. The maximum absolute atomic E-state index is 13.4. The molecule has 2 aliphatic rings. The summed E-state index contributed by atoms with van der Waals surface area (Å²) in [6, 6.07) is -0.692. The number of hydrogen-bond acceptors (Lipinski definition) is 14. The average Bonchev–Trinajstić information content (AvgIpc) is 3.40. The first-order chi connectivity index (χ1) is 23.6. The van der Waals surface area contributed by atoms with Crippen LogP contribution < -0.4 is 5.32 Å². The SMILES string of the molecule is C#CCOCCOCCOCCOCCN(C)C(=O)O[C@@H]([C@H]1OC(C(=O)OC)=C[C@@H](N=C(C)NC(=O)OC(C)(C)C)[C@@H]1C)[C@H]1COC(C)(C)O1. The molecule has 0 aromatic rings. The van der Waals surface area contributed by atoms with E-state index in [0.717, 1.165) is 0 Å². The Morgan fingerprint density at radius 3 is 2.22 bits per heavy atom. The summed E-state index contributed by atoms with van der Waals surface area (Å²) in [5, 5.41) is 2.60. The lowest BCUT2D eigenvalue weighted by Gasteiger charge is -2.39. The van der Waals surface area contributed by atoms with Crippen molar-refractivity contribution in [3.8, 4) is 12.3 Å². The van der Waals surface area contributed by atoms with Crippen LogP contribution in [0.4, 0.5) is 9.59 Å². The minimum Gasteiger partial charge on any atom is -0.479 e. The number of amidine groups is 1. The van der Waals surface area contributed by atoms with Gasteiger partial charge in [-0.15, -0.1) is 6.42 Å². The maximum atomic E-state index is 13.4. The first-order valence-corrected chi connectivity index (χ1v) is 16.6. The molecule has 2 rings (SSSR count). The van der Waals surface area contributed by atoms with Crippen molar-refractivity contribution < 1.29 is 61.8 Å². The van der Waals surface area contributed by atoms with Crippen LogP contribution in [0, 0.1) is 18.3 Å². The van der Waals surface area contributed by atoms with Crippen molar-refractivity contribution in [2.24, 2.45) is 10.9 Å². The van der Waals surface area contributed by atoms with E-state index < -0.39 is 59.8 Å². The van der Waals surface area contributed by atoms with Crippen LogP contribution in [0.5, 0.6) is 0 Å². The Hall–Kier alpha value is -3.46. The van der Waals surface area contributed by atoms with Gasteiger partial charge in [0.15, 0.2) is 11.9 Å². The number of esters is 1. The molecule has 16 heteroatoms. The number of aliphatic imine (C=N–C) groups is 1. The Morgan fingerprint density at radius 1 is 1.08 bits per heavy atom. The summed E-state index contributed by atoms with van der Waals surface area (Å²) in [6.07, 6.45) is 2.56. The summed E-state index contributed by atoms with van der Waals surface area (Å²) in [5.74, 6) is 0.319. The Labute approximate surface area is 295 Å². The highest BCUT2D eigenvalue weighted by atomic mass is 16.8. The Kier molecular flexibility index (Phi) is 18.0. The lowest BCUT2D eigenvalue weighted by molar-refractivity contribution is -0.172. The van der Waals surface area contributed by atoms with Crippen LogP contribution in [-0.2, 0) is 52.2 Å². The van der Waals surface area contributed by atoms with Crippen molar-refractivity contribution in [3.05, 3.63) is 11.8 Å². The van der Waals surface area contributed by atoms with Crippen LogP contribution in [0.3, 0.4) is 0 Å².